The predicted molar refractivity (Wildman–Crippen MR) is 69.3 cm³/mol. The van der Waals surface area contributed by atoms with Gasteiger partial charge in [-0.1, -0.05) is 12.8 Å². The van der Waals surface area contributed by atoms with E-state index in [9.17, 15) is 8.42 Å². The van der Waals surface area contributed by atoms with Gasteiger partial charge in [0.05, 0.1) is 4.90 Å². The van der Waals surface area contributed by atoms with Gasteiger partial charge in [-0.2, -0.15) is 4.31 Å². The summed E-state index contributed by atoms with van der Waals surface area (Å²) in [5.74, 6) is 5.58. The molecule has 0 unspecified atom stereocenters. The third-order valence-electron chi connectivity index (χ3n) is 3.40. The third kappa shape index (κ3) is 2.47. The molecule has 1 aromatic heterocycles. The van der Waals surface area contributed by atoms with Crippen molar-refractivity contribution in [2.75, 3.05) is 12.5 Å². The van der Waals surface area contributed by atoms with Gasteiger partial charge < -0.3 is 5.43 Å². The Morgan fingerprint density at radius 1 is 1.44 bits per heavy atom. The molecule has 1 fully saturated rings. The normalized spacial score (nSPS) is 17.3. The topological polar surface area (TPSA) is 88.3 Å². The van der Waals surface area contributed by atoms with Crippen LogP contribution in [-0.4, -0.2) is 30.8 Å². The average Bonchev–Trinajstić information content (AvgIpc) is 2.91. The van der Waals surface area contributed by atoms with Gasteiger partial charge in [-0.3, -0.25) is 0 Å². The van der Waals surface area contributed by atoms with E-state index in [-0.39, 0.29) is 10.9 Å². The van der Waals surface area contributed by atoms with Crippen LogP contribution < -0.4 is 11.3 Å². The number of sulfonamides is 1. The zero-order valence-electron chi connectivity index (χ0n) is 10.3. The Morgan fingerprint density at radius 2 is 2.11 bits per heavy atom. The molecule has 0 bridgehead atoms. The van der Waals surface area contributed by atoms with Crippen molar-refractivity contribution in [2.45, 2.75) is 36.6 Å². The first-order valence-corrected chi connectivity index (χ1v) is 7.40. The Labute approximate surface area is 107 Å². The molecule has 0 amide bonds. The molecule has 0 aromatic carbocycles. The highest BCUT2D eigenvalue weighted by Gasteiger charge is 2.30. The smallest absolute Gasteiger partial charge is 0.243 e. The summed E-state index contributed by atoms with van der Waals surface area (Å²) in [6, 6.07) is 3.04. The van der Waals surface area contributed by atoms with E-state index in [0.29, 0.717) is 5.82 Å². The SMILES string of the molecule is CN(C1CCCC1)S(=O)(=O)c1ccnc(NN)c1. The molecule has 0 saturated heterocycles. The molecule has 2 rings (SSSR count). The first-order valence-electron chi connectivity index (χ1n) is 5.96. The maximum Gasteiger partial charge on any atom is 0.243 e. The molecule has 1 heterocycles. The van der Waals surface area contributed by atoms with Gasteiger partial charge in [0.25, 0.3) is 0 Å². The summed E-state index contributed by atoms with van der Waals surface area (Å²) in [7, 11) is -1.82. The standard InChI is InChI=1S/C11H18N4O2S/c1-15(9-4-2-3-5-9)18(16,17)10-6-7-13-11(8-10)14-12/h6-9H,2-5,12H2,1H3,(H,13,14). The molecule has 3 N–H and O–H groups in total. The molecule has 18 heavy (non-hydrogen) atoms. The van der Waals surface area contributed by atoms with E-state index in [1.807, 2.05) is 0 Å². The molecule has 0 radical (unpaired) electrons. The van der Waals surface area contributed by atoms with Gasteiger partial charge in [-0.15, -0.1) is 0 Å². The van der Waals surface area contributed by atoms with Crippen LogP contribution in [0.3, 0.4) is 0 Å². The van der Waals surface area contributed by atoms with Crippen molar-refractivity contribution in [1.29, 1.82) is 0 Å². The second-order valence-electron chi connectivity index (χ2n) is 4.48. The Hall–Kier alpha value is -1.18. The van der Waals surface area contributed by atoms with Crippen molar-refractivity contribution in [3.05, 3.63) is 18.3 Å². The number of hydrogen-bond donors (Lipinski definition) is 2. The lowest BCUT2D eigenvalue weighted by Gasteiger charge is -2.23. The molecule has 0 atom stereocenters. The maximum absolute atomic E-state index is 12.4. The van der Waals surface area contributed by atoms with E-state index in [1.54, 1.807) is 7.05 Å². The largest absolute Gasteiger partial charge is 0.308 e. The monoisotopic (exact) mass is 270 g/mol. The van der Waals surface area contributed by atoms with Crippen molar-refractivity contribution in [2.24, 2.45) is 5.84 Å². The van der Waals surface area contributed by atoms with Crippen molar-refractivity contribution < 1.29 is 8.42 Å². The summed E-state index contributed by atoms with van der Waals surface area (Å²) in [5, 5.41) is 0. The molecule has 0 spiro atoms. The molecular formula is C11H18N4O2S. The van der Waals surface area contributed by atoms with Gasteiger partial charge in [-0.05, 0) is 18.9 Å². The van der Waals surface area contributed by atoms with Crippen LogP contribution in [0.4, 0.5) is 5.82 Å². The Kier molecular flexibility index (Phi) is 3.84. The minimum Gasteiger partial charge on any atom is -0.308 e. The number of hydrazine groups is 1. The number of aromatic nitrogens is 1. The highest BCUT2D eigenvalue weighted by molar-refractivity contribution is 7.89. The van der Waals surface area contributed by atoms with Gasteiger partial charge in [0, 0.05) is 25.4 Å². The van der Waals surface area contributed by atoms with E-state index >= 15 is 0 Å². The molecule has 0 aliphatic heterocycles. The maximum atomic E-state index is 12.4. The van der Waals surface area contributed by atoms with Gasteiger partial charge in [0.1, 0.15) is 5.82 Å². The fourth-order valence-corrected chi connectivity index (χ4v) is 3.71. The number of nitrogen functional groups attached to an aromatic ring is 1. The second-order valence-corrected chi connectivity index (χ2v) is 6.48. The summed E-state index contributed by atoms with van der Waals surface area (Å²) < 4.78 is 26.3. The molecule has 1 aromatic rings. The lowest BCUT2D eigenvalue weighted by atomic mass is 10.3. The summed E-state index contributed by atoms with van der Waals surface area (Å²) >= 11 is 0. The van der Waals surface area contributed by atoms with Gasteiger partial charge in [0.15, 0.2) is 0 Å². The second kappa shape index (κ2) is 5.21. The Morgan fingerprint density at radius 3 is 2.72 bits per heavy atom. The zero-order chi connectivity index (χ0) is 13.2. The van der Waals surface area contributed by atoms with Crippen LogP contribution in [0.2, 0.25) is 0 Å². The van der Waals surface area contributed by atoms with E-state index in [0.717, 1.165) is 25.7 Å². The zero-order valence-corrected chi connectivity index (χ0v) is 11.2. The van der Waals surface area contributed by atoms with E-state index in [4.69, 9.17) is 5.84 Å². The number of hydrogen-bond acceptors (Lipinski definition) is 5. The molecule has 100 valence electrons. The van der Waals surface area contributed by atoms with Crippen LogP contribution in [0.5, 0.6) is 0 Å². The highest BCUT2D eigenvalue weighted by Crippen LogP contribution is 2.27. The molecule has 1 saturated carbocycles. The fourth-order valence-electron chi connectivity index (χ4n) is 2.28. The predicted octanol–water partition coefficient (Wildman–Crippen LogP) is 0.930. The van der Waals surface area contributed by atoms with Crippen molar-refractivity contribution in [1.82, 2.24) is 9.29 Å². The minimum atomic E-state index is -3.46. The lowest BCUT2D eigenvalue weighted by Crippen LogP contribution is -2.35. The molecule has 7 heteroatoms. The summed E-state index contributed by atoms with van der Waals surface area (Å²) in [5.41, 5.74) is 2.35. The third-order valence-corrected chi connectivity index (χ3v) is 5.30. The fraction of sp³-hybridized carbons (Fsp3) is 0.545. The van der Waals surface area contributed by atoms with E-state index in [2.05, 4.69) is 10.4 Å². The van der Waals surface area contributed by atoms with Crippen molar-refractivity contribution in [3.63, 3.8) is 0 Å². The van der Waals surface area contributed by atoms with Crippen LogP contribution >= 0.6 is 0 Å². The summed E-state index contributed by atoms with van der Waals surface area (Å²) in [4.78, 5) is 4.13. The molecular weight excluding hydrogens is 252 g/mol. The van der Waals surface area contributed by atoms with Crippen LogP contribution in [0, 0.1) is 0 Å². The number of anilines is 1. The van der Waals surface area contributed by atoms with Crippen LogP contribution in [0.1, 0.15) is 25.7 Å². The Balaban J connectivity index is 2.28. The summed E-state index contributed by atoms with van der Waals surface area (Å²) in [6.07, 6.45) is 5.49. The highest BCUT2D eigenvalue weighted by atomic mass is 32.2. The number of nitrogens with zero attached hydrogens (tertiary/aromatic N) is 2. The lowest BCUT2D eigenvalue weighted by molar-refractivity contribution is 0.373. The van der Waals surface area contributed by atoms with Gasteiger partial charge in [0.2, 0.25) is 10.0 Å². The van der Waals surface area contributed by atoms with Crippen molar-refractivity contribution >= 4 is 15.8 Å². The number of pyridine rings is 1. The molecule has 1 aliphatic carbocycles. The van der Waals surface area contributed by atoms with Gasteiger partial charge >= 0.3 is 0 Å². The first kappa shape index (κ1) is 13.3. The van der Waals surface area contributed by atoms with Crippen LogP contribution in [-0.2, 0) is 10.0 Å². The quantitative estimate of drug-likeness (QED) is 0.627. The summed E-state index contributed by atoms with van der Waals surface area (Å²) in [6.45, 7) is 0. The minimum absolute atomic E-state index is 0.109. The molecule has 6 nitrogen and oxygen atoms in total. The number of nitrogens with two attached hydrogens (primary N) is 1. The van der Waals surface area contributed by atoms with E-state index < -0.39 is 10.0 Å². The van der Waals surface area contributed by atoms with Gasteiger partial charge in [-0.25, -0.2) is 19.2 Å². The molecule has 1 aliphatic rings. The average molecular weight is 270 g/mol. The van der Waals surface area contributed by atoms with Crippen molar-refractivity contribution in [3.8, 4) is 0 Å². The number of rotatable bonds is 4. The van der Waals surface area contributed by atoms with E-state index in [1.165, 1.54) is 22.6 Å². The number of nitrogens with one attached hydrogen (secondary N) is 1. The van der Waals surface area contributed by atoms with Crippen LogP contribution in [0.25, 0.3) is 0 Å². The Bertz CT molecular complexity index is 512. The first-order chi connectivity index (χ1) is 8.55. The van der Waals surface area contributed by atoms with Crippen LogP contribution in [0.15, 0.2) is 23.2 Å².